The first-order valence-corrected chi connectivity index (χ1v) is 47.0. The van der Waals surface area contributed by atoms with Crippen LogP contribution < -0.4 is 52.3 Å². The molecule has 8 aromatic heterocycles. The third kappa shape index (κ3) is 23.7. The molecule has 12 aromatic rings. The van der Waals surface area contributed by atoms with Gasteiger partial charge in [0.25, 0.3) is 0 Å². The smallest absolute Gasteiger partial charge is 0.227 e. The zero-order chi connectivity index (χ0) is 91.5. The summed E-state index contributed by atoms with van der Waals surface area (Å²) in [5.74, 6) is 3.17. The molecule has 131 heavy (non-hydrogen) atoms. The molecule has 27 nitrogen and oxygen atoms in total. The Labute approximate surface area is 798 Å². The van der Waals surface area contributed by atoms with Crippen molar-refractivity contribution in [1.82, 2.24) is 84.3 Å². The summed E-state index contributed by atoms with van der Waals surface area (Å²) in [6.45, 7) is 25.3. The molecular formula is C98H111Cl2N27S4. The number of halogens is 2. The largest absolute Gasteiger partial charge is 0.367 e. The van der Waals surface area contributed by atoms with Crippen molar-refractivity contribution in [3.8, 4) is 45.0 Å². The predicted octanol–water partition coefficient (Wildman–Crippen LogP) is 18.2. The number of piperazine rings is 2. The predicted molar refractivity (Wildman–Crippen MR) is 551 cm³/mol. The van der Waals surface area contributed by atoms with Crippen molar-refractivity contribution < 1.29 is 0 Å². The minimum Gasteiger partial charge on any atom is -0.367 e. The van der Waals surface area contributed by atoms with E-state index in [1.807, 2.05) is 106 Å². The molecule has 0 saturated carbocycles. The summed E-state index contributed by atoms with van der Waals surface area (Å²) in [6.07, 6.45) is 24.9. The van der Waals surface area contributed by atoms with Gasteiger partial charge in [-0.2, -0.15) is 0 Å². The van der Waals surface area contributed by atoms with E-state index in [2.05, 4.69) is 240 Å². The standard InChI is InChI=1S/C27H32ClN7S.C24H26ClN7S.C24H28N6S.C23H25N7S/c1-17-23(12-18(15-29-17)6-9-35-10-7-21(8-11-35)34(2)3)32-27-30-16-19-13-25(36)31-24-14-20(28)4-5-22(24)26(19)33-27;1-3-31-6-7-32(14-15(31)2)19-10-18(12-26-13-19)28-24-27-11-16-8-22(33)29-21-9-17(25)4-5-20(21)23(16)30-24;1-15-7-8-19-21(10-15)27-22(31)12-18-14-26-24(29-23(18)19)28-20-11-17(13-25-16(20)2)6-5-9-30(3)4;1-15-3-5-18-19(11-15)27-21(31)12-16-13-25-23(28-22(16)18)26-17-4-6-20(24-14-17)30-9-7-29(2)8-10-30/h4-5,12,14-16,21H,6-11,13H2,1-3H3,(H,31,36)(H,30,32,33);4-5,9-13,15H,3,6-8,14H2,1-2H3,(H,29,33)(H,27,28,30);7-8,10-11,13-14H,5-6,9,12H2,1-4H3,(H,27,31)(H,26,28,29);3-6,11,13-14H,7-10,12H2,1-2H3,(H,27,31)(H,25,26,28)/t;15-;;/m.1../s1. The van der Waals surface area contributed by atoms with Gasteiger partial charge in [0.2, 0.25) is 23.8 Å². The molecule has 3 saturated heterocycles. The maximum absolute atomic E-state index is 6.23. The number of aryl methyl sites for hydroxylation is 5. The van der Waals surface area contributed by atoms with Gasteiger partial charge in [-0.3, -0.25) is 19.9 Å². The number of fused-ring (bicyclic) bond motifs is 12. The van der Waals surface area contributed by atoms with Gasteiger partial charge in [-0.1, -0.05) is 103 Å². The number of likely N-dealkylation sites (N-methyl/N-ethyl adjacent to an activating group) is 2. The van der Waals surface area contributed by atoms with E-state index in [4.69, 9.17) is 92.0 Å². The van der Waals surface area contributed by atoms with Crippen LogP contribution in [0.3, 0.4) is 0 Å². The van der Waals surface area contributed by atoms with E-state index >= 15 is 0 Å². The average Bonchev–Trinajstić information content (AvgIpc) is 1.72. The fourth-order valence-corrected chi connectivity index (χ4v) is 18.6. The summed E-state index contributed by atoms with van der Waals surface area (Å²) in [6, 6.07) is 35.8. The number of piperidine rings is 1. The van der Waals surface area contributed by atoms with Crippen LogP contribution in [0.5, 0.6) is 0 Å². The number of likely N-dealkylation sites (tertiary alicyclic amines) is 1. The first-order chi connectivity index (χ1) is 63.3. The molecule has 7 aliphatic rings. The lowest BCUT2D eigenvalue weighted by Gasteiger charge is -2.40. The summed E-state index contributed by atoms with van der Waals surface area (Å²) in [5.41, 5.74) is 26.5. The molecule has 8 N–H and O–H groups in total. The van der Waals surface area contributed by atoms with Gasteiger partial charge in [-0.25, -0.2) is 44.9 Å². The number of pyridine rings is 4. The molecule has 3 fully saturated rings. The molecule has 7 aliphatic heterocycles. The van der Waals surface area contributed by atoms with Crippen molar-refractivity contribution in [2.75, 3.05) is 166 Å². The second-order valence-electron chi connectivity index (χ2n) is 34.8. The summed E-state index contributed by atoms with van der Waals surface area (Å²) in [7, 11) is 10.7. The monoisotopic (exact) mass is 1860 g/mol. The molecule has 0 aliphatic carbocycles. The molecule has 15 heterocycles. The summed E-state index contributed by atoms with van der Waals surface area (Å²) in [4.78, 5) is 75.6. The van der Waals surface area contributed by atoms with Crippen LogP contribution in [0.15, 0.2) is 159 Å². The van der Waals surface area contributed by atoms with Gasteiger partial charge in [0.05, 0.1) is 101 Å². The SMILES string of the molecule is CCN1CCN(c2cncc(Nc3ncc4c(n3)-c3ccc(Cl)cc3NC(=S)C4)c2)C[C@H]1C.Cc1ccc2c(c1)NC(=S)Cc1cnc(Nc3cc(CCCN(C)C)cnc3C)nc1-2.Cc1ccc2c(c1)NC(=S)Cc1cnc(Nc3ccc(N4CCN(C)CC4)nc3)nc1-2.Cc1ncc(CCN2CCC(N(C)C)CC2)cc1Nc1ncc2c(n1)-c1ccc(Cl)cc1NC(=S)C2. The molecule has 676 valence electrons. The third-order valence-electron chi connectivity index (χ3n) is 24.5. The average molecular weight is 1870 g/mol. The number of anilines is 14. The van der Waals surface area contributed by atoms with Gasteiger partial charge in [0.1, 0.15) is 5.82 Å². The van der Waals surface area contributed by atoms with Crippen molar-refractivity contribution >= 4 is 173 Å². The minimum absolute atomic E-state index is 0.515. The Balaban J connectivity index is 0.000000128. The van der Waals surface area contributed by atoms with Crippen molar-refractivity contribution in [1.29, 1.82) is 0 Å². The highest BCUT2D eigenvalue weighted by Crippen LogP contribution is 2.41. The Morgan fingerprint density at radius 3 is 1.35 bits per heavy atom. The van der Waals surface area contributed by atoms with E-state index in [0.29, 0.717) is 71.6 Å². The highest BCUT2D eigenvalue weighted by molar-refractivity contribution is 7.81. The minimum atomic E-state index is 0.515. The highest BCUT2D eigenvalue weighted by atomic mass is 35.5. The molecule has 0 amide bonds. The third-order valence-corrected chi connectivity index (χ3v) is 26.0. The van der Waals surface area contributed by atoms with Gasteiger partial charge in [-0.15, -0.1) is 0 Å². The van der Waals surface area contributed by atoms with E-state index in [-0.39, 0.29) is 0 Å². The highest BCUT2D eigenvalue weighted by Gasteiger charge is 2.29. The molecule has 19 rings (SSSR count). The number of hydrogen-bond donors (Lipinski definition) is 8. The van der Waals surface area contributed by atoms with Crippen LogP contribution in [0.4, 0.5) is 80.8 Å². The fraction of sp³-hybridized carbons (Fsp3) is 0.347. The molecule has 4 aromatic carbocycles. The van der Waals surface area contributed by atoms with Crippen molar-refractivity contribution in [2.24, 2.45) is 0 Å². The lowest BCUT2D eigenvalue weighted by molar-refractivity contribution is 0.146. The number of nitrogens with one attached hydrogen (secondary N) is 8. The van der Waals surface area contributed by atoms with Crippen LogP contribution in [-0.2, 0) is 38.5 Å². The van der Waals surface area contributed by atoms with E-state index in [9.17, 15) is 0 Å². The van der Waals surface area contributed by atoms with Crippen LogP contribution in [0.25, 0.3) is 45.0 Å². The molecule has 33 heteroatoms. The Hall–Kier alpha value is -11.5. The lowest BCUT2D eigenvalue weighted by atomic mass is 10.0. The fourth-order valence-electron chi connectivity index (χ4n) is 17.2. The van der Waals surface area contributed by atoms with Crippen LogP contribution >= 0.6 is 72.1 Å². The lowest BCUT2D eigenvalue weighted by Crippen LogP contribution is -2.51. The van der Waals surface area contributed by atoms with Crippen LogP contribution in [0, 0.1) is 27.7 Å². The van der Waals surface area contributed by atoms with Crippen molar-refractivity contribution in [3.63, 3.8) is 0 Å². The van der Waals surface area contributed by atoms with Crippen molar-refractivity contribution in [3.05, 3.63) is 225 Å². The van der Waals surface area contributed by atoms with E-state index < -0.39 is 0 Å². The number of aromatic nitrogens is 12. The Morgan fingerprint density at radius 2 is 0.901 bits per heavy atom. The molecule has 0 radical (unpaired) electrons. The van der Waals surface area contributed by atoms with Gasteiger partial charge in [0, 0.05) is 205 Å². The molecule has 1 atom stereocenters. The van der Waals surface area contributed by atoms with Gasteiger partial charge >= 0.3 is 0 Å². The van der Waals surface area contributed by atoms with Crippen molar-refractivity contribution in [2.45, 2.75) is 111 Å². The van der Waals surface area contributed by atoms with E-state index in [0.717, 1.165) is 253 Å². The van der Waals surface area contributed by atoms with Gasteiger partial charge < -0.3 is 71.9 Å². The maximum atomic E-state index is 6.23. The topological polar surface area (TPSA) is 274 Å². The number of rotatable bonds is 19. The zero-order valence-electron chi connectivity index (χ0n) is 75.9. The summed E-state index contributed by atoms with van der Waals surface area (Å²) >= 11 is 34.4. The van der Waals surface area contributed by atoms with Crippen LogP contribution in [0.2, 0.25) is 10.0 Å². The first-order valence-electron chi connectivity index (χ1n) is 44.6. The maximum Gasteiger partial charge on any atom is 0.227 e. The molecule has 0 bridgehead atoms. The summed E-state index contributed by atoms with van der Waals surface area (Å²) in [5, 5.41) is 28.0. The zero-order valence-corrected chi connectivity index (χ0v) is 80.7. The number of nitrogens with zero attached hydrogens (tertiary/aromatic N) is 19. The summed E-state index contributed by atoms with van der Waals surface area (Å²) < 4.78 is 0. The Bertz CT molecular complexity index is 6200. The van der Waals surface area contributed by atoms with E-state index in [1.54, 1.807) is 6.20 Å². The van der Waals surface area contributed by atoms with Gasteiger partial charge in [-0.05, 0) is 229 Å². The normalized spacial score (nSPS) is 15.9. The number of benzene rings is 4. The number of thiocarbonyl (C=S) groups is 4. The molecule has 0 spiro atoms. The van der Waals surface area contributed by atoms with Crippen LogP contribution in [0.1, 0.15) is 89.0 Å². The quantitative estimate of drug-likeness (QED) is 0.0349. The number of hydrogen-bond acceptors (Lipinski definition) is 27. The Morgan fingerprint density at radius 1 is 0.450 bits per heavy atom. The second kappa shape index (κ2) is 42.4. The van der Waals surface area contributed by atoms with E-state index in [1.165, 1.54) is 35.1 Å². The Kier molecular flexibility index (Phi) is 30.0. The molecular weight excluding hydrogens is 1750 g/mol. The molecule has 0 unspecified atom stereocenters. The van der Waals surface area contributed by atoms with Crippen LogP contribution in [-0.4, -0.2) is 230 Å². The van der Waals surface area contributed by atoms with Gasteiger partial charge in [0.15, 0.2) is 0 Å². The second-order valence-corrected chi connectivity index (χ2v) is 37.7. The first kappa shape index (κ1) is 92.8.